The van der Waals surface area contributed by atoms with Crippen molar-refractivity contribution in [2.45, 2.75) is 26.8 Å². The molecule has 3 aromatic rings. The van der Waals surface area contributed by atoms with Crippen LogP contribution in [0.5, 0.6) is 0 Å². The van der Waals surface area contributed by atoms with Gasteiger partial charge >= 0.3 is 0 Å². The van der Waals surface area contributed by atoms with E-state index in [1.165, 1.54) is 0 Å². The minimum atomic E-state index is -0.137. The van der Waals surface area contributed by atoms with Crippen molar-refractivity contribution in [1.82, 2.24) is 15.5 Å². The number of pyridine rings is 1. The largest absolute Gasteiger partial charge is 0.350 e. The van der Waals surface area contributed by atoms with Crippen molar-refractivity contribution in [2.75, 3.05) is 0 Å². The van der Waals surface area contributed by atoms with Gasteiger partial charge in [-0.25, -0.2) is 4.98 Å². The highest BCUT2D eigenvalue weighted by atomic mass is 32.1. The molecule has 0 bridgehead atoms. The number of aromatic nitrogens is 2. The smallest absolute Gasteiger partial charge is 0.259 e. The molecule has 3 heterocycles. The zero-order valence-electron chi connectivity index (χ0n) is 12.0. The summed E-state index contributed by atoms with van der Waals surface area (Å²) in [5, 5.41) is 9.48. The molecule has 0 saturated carbocycles. The minimum Gasteiger partial charge on any atom is -0.350 e. The van der Waals surface area contributed by atoms with E-state index in [0.29, 0.717) is 22.4 Å². The molecule has 0 aliphatic carbocycles. The Morgan fingerprint density at radius 3 is 2.90 bits per heavy atom. The van der Waals surface area contributed by atoms with Crippen LogP contribution >= 0.6 is 11.3 Å². The molecule has 0 radical (unpaired) electrons. The van der Waals surface area contributed by atoms with E-state index >= 15 is 0 Å². The van der Waals surface area contributed by atoms with Crippen LogP contribution in [0.15, 0.2) is 28.1 Å². The lowest BCUT2D eigenvalue weighted by atomic mass is 10.1. The Morgan fingerprint density at radius 1 is 1.43 bits per heavy atom. The second-order valence-electron chi connectivity index (χ2n) is 5.11. The highest BCUT2D eigenvalue weighted by Gasteiger charge is 2.19. The van der Waals surface area contributed by atoms with Crippen LogP contribution in [0.25, 0.3) is 21.7 Å². The lowest BCUT2D eigenvalue weighted by molar-refractivity contribution is 0.0944. The van der Waals surface area contributed by atoms with E-state index in [1.54, 1.807) is 17.4 Å². The standard InChI is InChI=1S/C15H15N3O2S/c1-8(2)16-14(19)10-7-11(12-5-4-6-21-12)17-15-13(10)9(3)18-20-15/h4-8H,1-3H3,(H,16,19). The maximum absolute atomic E-state index is 12.4. The molecule has 0 aliphatic rings. The zero-order chi connectivity index (χ0) is 15.0. The molecule has 0 atom stereocenters. The van der Waals surface area contributed by atoms with Crippen molar-refractivity contribution in [3.05, 3.63) is 34.8 Å². The van der Waals surface area contributed by atoms with Crippen LogP contribution in [0.3, 0.4) is 0 Å². The van der Waals surface area contributed by atoms with Gasteiger partial charge in [0.2, 0.25) is 0 Å². The Morgan fingerprint density at radius 2 is 2.24 bits per heavy atom. The number of aryl methyl sites for hydroxylation is 1. The average molecular weight is 301 g/mol. The van der Waals surface area contributed by atoms with Gasteiger partial charge in [0, 0.05) is 6.04 Å². The fourth-order valence-electron chi connectivity index (χ4n) is 2.16. The summed E-state index contributed by atoms with van der Waals surface area (Å²) in [6.45, 7) is 5.67. The Hall–Kier alpha value is -2.21. The van der Waals surface area contributed by atoms with Crippen LogP contribution in [0.4, 0.5) is 0 Å². The topological polar surface area (TPSA) is 68.0 Å². The van der Waals surface area contributed by atoms with Gasteiger partial charge in [-0.15, -0.1) is 11.3 Å². The fraction of sp³-hybridized carbons (Fsp3) is 0.267. The maximum atomic E-state index is 12.4. The number of nitrogens with zero attached hydrogens (tertiary/aromatic N) is 2. The number of rotatable bonds is 3. The van der Waals surface area contributed by atoms with Crippen molar-refractivity contribution in [3.63, 3.8) is 0 Å². The summed E-state index contributed by atoms with van der Waals surface area (Å²) in [6.07, 6.45) is 0. The first-order chi connectivity index (χ1) is 10.1. The highest BCUT2D eigenvalue weighted by molar-refractivity contribution is 7.13. The number of thiophene rings is 1. The molecule has 0 aromatic carbocycles. The van der Waals surface area contributed by atoms with Crippen LogP contribution in [-0.2, 0) is 0 Å². The van der Waals surface area contributed by atoms with Crippen LogP contribution in [0.1, 0.15) is 29.9 Å². The third-order valence-electron chi connectivity index (χ3n) is 3.06. The van der Waals surface area contributed by atoms with E-state index in [0.717, 1.165) is 10.6 Å². The Labute approximate surface area is 126 Å². The summed E-state index contributed by atoms with van der Waals surface area (Å²) in [4.78, 5) is 17.9. The second-order valence-corrected chi connectivity index (χ2v) is 6.06. The summed E-state index contributed by atoms with van der Waals surface area (Å²) in [6, 6.07) is 5.78. The number of carbonyl (C=O) groups excluding carboxylic acids is 1. The quantitative estimate of drug-likeness (QED) is 0.805. The van der Waals surface area contributed by atoms with E-state index in [1.807, 2.05) is 38.3 Å². The number of fused-ring (bicyclic) bond motifs is 1. The van der Waals surface area contributed by atoms with Gasteiger partial charge in [-0.05, 0) is 38.3 Å². The third-order valence-corrected chi connectivity index (χ3v) is 3.95. The highest BCUT2D eigenvalue weighted by Crippen LogP contribution is 2.29. The molecule has 0 spiro atoms. The van der Waals surface area contributed by atoms with Crippen molar-refractivity contribution in [3.8, 4) is 10.6 Å². The monoisotopic (exact) mass is 301 g/mol. The molecular weight excluding hydrogens is 286 g/mol. The van der Waals surface area contributed by atoms with Gasteiger partial charge in [0.05, 0.1) is 27.2 Å². The lowest BCUT2D eigenvalue weighted by Crippen LogP contribution is -2.30. The molecule has 6 heteroatoms. The van der Waals surface area contributed by atoms with Crippen molar-refractivity contribution >= 4 is 28.3 Å². The molecule has 0 aliphatic heterocycles. The van der Waals surface area contributed by atoms with E-state index in [2.05, 4.69) is 15.5 Å². The molecule has 108 valence electrons. The normalized spacial score (nSPS) is 11.2. The fourth-order valence-corrected chi connectivity index (χ4v) is 2.85. The SMILES string of the molecule is Cc1noc2nc(-c3cccs3)cc(C(=O)NC(C)C)c12. The Balaban J connectivity index is 2.20. The van der Waals surface area contributed by atoms with E-state index < -0.39 is 0 Å². The predicted octanol–water partition coefficient (Wildman–Crippen LogP) is 3.40. The van der Waals surface area contributed by atoms with Crippen molar-refractivity contribution in [1.29, 1.82) is 0 Å². The number of carbonyl (C=O) groups is 1. The maximum Gasteiger partial charge on any atom is 0.259 e. The summed E-state index contributed by atoms with van der Waals surface area (Å²) in [5.41, 5.74) is 2.34. The Bertz CT molecular complexity index is 791. The van der Waals surface area contributed by atoms with Crippen LogP contribution in [0, 0.1) is 6.92 Å². The second kappa shape index (κ2) is 5.29. The molecule has 5 nitrogen and oxygen atoms in total. The van der Waals surface area contributed by atoms with Crippen LogP contribution in [-0.4, -0.2) is 22.1 Å². The predicted molar refractivity (Wildman–Crippen MR) is 82.5 cm³/mol. The van der Waals surface area contributed by atoms with Gasteiger partial charge in [0.1, 0.15) is 0 Å². The lowest BCUT2D eigenvalue weighted by Gasteiger charge is -2.10. The first-order valence-corrected chi connectivity index (χ1v) is 7.56. The number of hydrogen-bond donors (Lipinski definition) is 1. The molecular formula is C15H15N3O2S. The number of nitrogens with one attached hydrogen (secondary N) is 1. The summed E-state index contributed by atoms with van der Waals surface area (Å²) >= 11 is 1.57. The zero-order valence-corrected chi connectivity index (χ0v) is 12.8. The summed E-state index contributed by atoms with van der Waals surface area (Å²) in [7, 11) is 0. The number of amides is 1. The molecule has 0 fully saturated rings. The first-order valence-electron chi connectivity index (χ1n) is 6.68. The summed E-state index contributed by atoms with van der Waals surface area (Å²) < 4.78 is 5.25. The van der Waals surface area contributed by atoms with Crippen molar-refractivity contribution < 1.29 is 9.32 Å². The van der Waals surface area contributed by atoms with E-state index in [4.69, 9.17) is 4.52 Å². The van der Waals surface area contributed by atoms with Gasteiger partial charge in [-0.3, -0.25) is 4.79 Å². The van der Waals surface area contributed by atoms with E-state index in [-0.39, 0.29) is 11.9 Å². The van der Waals surface area contributed by atoms with Gasteiger partial charge < -0.3 is 9.84 Å². The average Bonchev–Trinajstić information content (AvgIpc) is 3.07. The number of hydrogen-bond acceptors (Lipinski definition) is 5. The van der Waals surface area contributed by atoms with Gasteiger partial charge in [0.15, 0.2) is 0 Å². The molecule has 3 aromatic heterocycles. The Kier molecular flexibility index (Phi) is 3.47. The molecule has 1 N–H and O–H groups in total. The van der Waals surface area contributed by atoms with E-state index in [9.17, 15) is 4.79 Å². The molecule has 21 heavy (non-hydrogen) atoms. The van der Waals surface area contributed by atoms with Crippen LogP contribution in [0.2, 0.25) is 0 Å². The van der Waals surface area contributed by atoms with Gasteiger partial charge in [-0.1, -0.05) is 11.2 Å². The van der Waals surface area contributed by atoms with Crippen LogP contribution < -0.4 is 5.32 Å². The van der Waals surface area contributed by atoms with Gasteiger partial charge in [-0.2, -0.15) is 0 Å². The summed E-state index contributed by atoms with van der Waals surface area (Å²) in [5.74, 6) is -0.137. The third kappa shape index (κ3) is 2.54. The minimum absolute atomic E-state index is 0.0612. The molecule has 3 rings (SSSR count). The van der Waals surface area contributed by atoms with Crippen molar-refractivity contribution in [2.24, 2.45) is 0 Å². The van der Waals surface area contributed by atoms with Gasteiger partial charge in [0.25, 0.3) is 11.6 Å². The molecule has 0 unspecified atom stereocenters. The first kappa shape index (κ1) is 13.8. The molecule has 0 saturated heterocycles. The molecule has 1 amide bonds.